The summed E-state index contributed by atoms with van der Waals surface area (Å²) in [5, 5.41) is 0. The van der Waals surface area contributed by atoms with Crippen LogP contribution in [0.15, 0.2) is 30.3 Å². The van der Waals surface area contributed by atoms with Crippen LogP contribution in [0.1, 0.15) is 46.0 Å². The molecule has 2 nitrogen and oxygen atoms in total. The van der Waals surface area contributed by atoms with Gasteiger partial charge in [0.15, 0.2) is 0 Å². The van der Waals surface area contributed by atoms with Gasteiger partial charge in [0.25, 0.3) is 0 Å². The fourth-order valence-corrected chi connectivity index (χ4v) is 2.08. The van der Waals surface area contributed by atoms with Crippen molar-refractivity contribution >= 4 is 11.6 Å². The topological polar surface area (TPSA) is 20.3 Å². The molecule has 0 spiro atoms. The average molecular weight is 247 g/mol. The standard InChI is InChI=1S/C16H25NO/c1-4-5-7-10-14(2)13-16(18)17(3)15-11-8-6-9-12-15/h6,8-9,11-12,14H,4-5,7,10,13H2,1-3H3. The van der Waals surface area contributed by atoms with Crippen LogP contribution < -0.4 is 4.90 Å². The van der Waals surface area contributed by atoms with Crippen molar-refractivity contribution in [2.75, 3.05) is 11.9 Å². The quantitative estimate of drug-likeness (QED) is 0.659. The van der Waals surface area contributed by atoms with Crippen molar-refractivity contribution in [3.05, 3.63) is 30.3 Å². The number of rotatable bonds is 7. The van der Waals surface area contributed by atoms with Crippen molar-refractivity contribution in [2.45, 2.75) is 46.0 Å². The lowest BCUT2D eigenvalue weighted by Gasteiger charge is -2.19. The van der Waals surface area contributed by atoms with Crippen LogP contribution >= 0.6 is 0 Å². The molecule has 0 aromatic heterocycles. The minimum absolute atomic E-state index is 0.213. The molecule has 0 saturated carbocycles. The van der Waals surface area contributed by atoms with E-state index < -0.39 is 0 Å². The molecule has 2 heteroatoms. The highest BCUT2D eigenvalue weighted by Crippen LogP contribution is 2.17. The number of hydrogen-bond acceptors (Lipinski definition) is 1. The highest BCUT2D eigenvalue weighted by molar-refractivity contribution is 5.92. The van der Waals surface area contributed by atoms with Crippen LogP contribution in [-0.2, 0) is 4.79 Å². The lowest BCUT2D eigenvalue weighted by atomic mass is 9.99. The summed E-state index contributed by atoms with van der Waals surface area (Å²) in [6.07, 6.45) is 5.55. The van der Waals surface area contributed by atoms with Gasteiger partial charge in [-0.05, 0) is 18.1 Å². The smallest absolute Gasteiger partial charge is 0.226 e. The summed E-state index contributed by atoms with van der Waals surface area (Å²) in [6.45, 7) is 4.38. The molecule has 1 unspecified atom stereocenters. The van der Waals surface area contributed by atoms with Gasteiger partial charge in [0.05, 0.1) is 0 Å². The van der Waals surface area contributed by atoms with Gasteiger partial charge in [-0.1, -0.05) is 57.7 Å². The predicted octanol–water partition coefficient (Wildman–Crippen LogP) is 4.26. The number of benzene rings is 1. The zero-order chi connectivity index (χ0) is 13.4. The Bertz CT molecular complexity index is 347. The van der Waals surface area contributed by atoms with E-state index in [1.54, 1.807) is 4.90 Å². The minimum atomic E-state index is 0.213. The van der Waals surface area contributed by atoms with E-state index in [9.17, 15) is 4.79 Å². The van der Waals surface area contributed by atoms with Gasteiger partial charge in [0, 0.05) is 19.2 Å². The lowest BCUT2D eigenvalue weighted by molar-refractivity contribution is -0.119. The van der Waals surface area contributed by atoms with Crippen molar-refractivity contribution in [1.82, 2.24) is 0 Å². The Kier molecular flexibility index (Phi) is 6.48. The molecule has 100 valence electrons. The van der Waals surface area contributed by atoms with Crippen LogP contribution in [0.25, 0.3) is 0 Å². The van der Waals surface area contributed by atoms with Gasteiger partial charge in [0.2, 0.25) is 5.91 Å². The van der Waals surface area contributed by atoms with Gasteiger partial charge >= 0.3 is 0 Å². The molecular formula is C16H25NO. The molecule has 0 aliphatic heterocycles. The van der Waals surface area contributed by atoms with Crippen molar-refractivity contribution in [2.24, 2.45) is 5.92 Å². The van der Waals surface area contributed by atoms with E-state index in [2.05, 4.69) is 13.8 Å². The van der Waals surface area contributed by atoms with Crippen LogP contribution in [0.3, 0.4) is 0 Å². The summed E-state index contributed by atoms with van der Waals surface area (Å²) in [5.74, 6) is 0.695. The molecule has 18 heavy (non-hydrogen) atoms. The van der Waals surface area contributed by atoms with Crippen LogP contribution in [0.4, 0.5) is 5.69 Å². The third kappa shape index (κ3) is 4.91. The van der Waals surface area contributed by atoms with Crippen molar-refractivity contribution < 1.29 is 4.79 Å². The zero-order valence-electron chi connectivity index (χ0n) is 11.9. The Morgan fingerprint density at radius 2 is 1.89 bits per heavy atom. The molecule has 0 saturated heterocycles. The number of unbranched alkanes of at least 4 members (excludes halogenated alkanes) is 2. The number of carbonyl (C=O) groups excluding carboxylic acids is 1. The summed E-state index contributed by atoms with van der Waals surface area (Å²) in [7, 11) is 1.86. The zero-order valence-corrected chi connectivity index (χ0v) is 11.9. The molecule has 0 N–H and O–H groups in total. The predicted molar refractivity (Wildman–Crippen MR) is 77.8 cm³/mol. The largest absolute Gasteiger partial charge is 0.315 e. The first-order chi connectivity index (χ1) is 8.65. The molecule has 1 rings (SSSR count). The maximum Gasteiger partial charge on any atom is 0.226 e. The summed E-state index contributed by atoms with van der Waals surface area (Å²) in [5.41, 5.74) is 0.975. The molecular weight excluding hydrogens is 222 g/mol. The third-order valence-electron chi connectivity index (χ3n) is 3.34. The van der Waals surface area contributed by atoms with Gasteiger partial charge in [-0.25, -0.2) is 0 Å². The first-order valence-corrected chi connectivity index (χ1v) is 6.96. The molecule has 0 bridgehead atoms. The monoisotopic (exact) mass is 247 g/mol. The molecule has 0 aliphatic rings. The second-order valence-electron chi connectivity index (χ2n) is 5.09. The number of anilines is 1. The van der Waals surface area contributed by atoms with Gasteiger partial charge in [-0.2, -0.15) is 0 Å². The molecule has 0 radical (unpaired) electrons. The van der Waals surface area contributed by atoms with E-state index in [1.165, 1.54) is 19.3 Å². The highest BCUT2D eigenvalue weighted by atomic mass is 16.2. The Labute approximate surface area is 111 Å². The van der Waals surface area contributed by atoms with Gasteiger partial charge in [-0.15, -0.1) is 0 Å². The SMILES string of the molecule is CCCCCC(C)CC(=O)N(C)c1ccccc1. The Balaban J connectivity index is 2.40. The van der Waals surface area contributed by atoms with Gasteiger partial charge in [-0.3, -0.25) is 4.79 Å². The van der Waals surface area contributed by atoms with E-state index in [0.717, 1.165) is 12.1 Å². The van der Waals surface area contributed by atoms with E-state index in [1.807, 2.05) is 37.4 Å². The third-order valence-corrected chi connectivity index (χ3v) is 3.34. The maximum atomic E-state index is 12.1. The molecule has 1 aromatic carbocycles. The Morgan fingerprint density at radius 1 is 1.22 bits per heavy atom. The maximum absolute atomic E-state index is 12.1. The molecule has 0 heterocycles. The Morgan fingerprint density at radius 3 is 2.50 bits per heavy atom. The van der Waals surface area contributed by atoms with Crippen LogP contribution in [0.2, 0.25) is 0 Å². The molecule has 0 fully saturated rings. The number of nitrogens with zero attached hydrogens (tertiary/aromatic N) is 1. The van der Waals surface area contributed by atoms with E-state index in [-0.39, 0.29) is 5.91 Å². The second-order valence-corrected chi connectivity index (χ2v) is 5.09. The minimum Gasteiger partial charge on any atom is -0.315 e. The number of hydrogen-bond donors (Lipinski definition) is 0. The number of amides is 1. The fourth-order valence-electron chi connectivity index (χ4n) is 2.08. The first kappa shape index (κ1) is 14.7. The average Bonchev–Trinajstić information content (AvgIpc) is 2.39. The van der Waals surface area contributed by atoms with Crippen LogP contribution in [0, 0.1) is 5.92 Å². The lowest BCUT2D eigenvalue weighted by Crippen LogP contribution is -2.27. The van der Waals surface area contributed by atoms with E-state index in [0.29, 0.717) is 12.3 Å². The summed E-state index contributed by atoms with van der Waals surface area (Å²) < 4.78 is 0. The van der Waals surface area contributed by atoms with E-state index >= 15 is 0 Å². The summed E-state index contributed by atoms with van der Waals surface area (Å²) in [4.78, 5) is 13.9. The number of carbonyl (C=O) groups is 1. The van der Waals surface area contributed by atoms with Crippen LogP contribution in [0.5, 0.6) is 0 Å². The molecule has 0 aliphatic carbocycles. The summed E-state index contributed by atoms with van der Waals surface area (Å²) >= 11 is 0. The van der Waals surface area contributed by atoms with Crippen molar-refractivity contribution in [3.8, 4) is 0 Å². The Hall–Kier alpha value is -1.31. The first-order valence-electron chi connectivity index (χ1n) is 6.96. The second kappa shape index (κ2) is 7.91. The van der Waals surface area contributed by atoms with Crippen molar-refractivity contribution in [3.63, 3.8) is 0 Å². The fraction of sp³-hybridized carbons (Fsp3) is 0.562. The number of para-hydroxylation sites is 1. The van der Waals surface area contributed by atoms with Crippen LogP contribution in [-0.4, -0.2) is 13.0 Å². The van der Waals surface area contributed by atoms with E-state index in [4.69, 9.17) is 0 Å². The summed E-state index contributed by atoms with van der Waals surface area (Å²) in [6, 6.07) is 9.84. The van der Waals surface area contributed by atoms with Gasteiger partial charge < -0.3 is 4.90 Å². The molecule has 1 aromatic rings. The molecule has 1 atom stereocenters. The van der Waals surface area contributed by atoms with Gasteiger partial charge in [0.1, 0.15) is 0 Å². The van der Waals surface area contributed by atoms with Crippen molar-refractivity contribution in [1.29, 1.82) is 0 Å². The highest BCUT2D eigenvalue weighted by Gasteiger charge is 2.14. The normalized spacial score (nSPS) is 12.2. The molecule has 1 amide bonds.